The molecule has 0 saturated heterocycles. The monoisotopic (exact) mass is 342 g/mol. The van der Waals surface area contributed by atoms with Crippen LogP contribution in [-0.2, 0) is 0 Å². The normalized spacial score (nSPS) is 19.0. The molecule has 130 valence electrons. The Kier molecular flexibility index (Phi) is 4.40. The van der Waals surface area contributed by atoms with Crippen LogP contribution in [0.4, 0.5) is 0 Å². The van der Waals surface area contributed by atoms with Gasteiger partial charge in [-0.2, -0.15) is 0 Å². The van der Waals surface area contributed by atoms with Crippen LogP contribution in [0.15, 0.2) is 83.1 Å². The quantitative estimate of drug-likeness (QED) is 0.828. The van der Waals surface area contributed by atoms with E-state index < -0.39 is 0 Å². The molecule has 2 aliphatic rings. The van der Waals surface area contributed by atoms with Gasteiger partial charge in [-0.15, -0.1) is 0 Å². The molecule has 0 bridgehead atoms. The third-order valence-electron chi connectivity index (χ3n) is 4.59. The molecule has 0 aliphatic carbocycles. The highest BCUT2D eigenvalue weighted by Crippen LogP contribution is 2.29. The zero-order valence-electron chi connectivity index (χ0n) is 15.1. The van der Waals surface area contributed by atoms with Gasteiger partial charge in [0.05, 0.1) is 5.71 Å². The SMILES string of the molecule is Cc1ccc(C2=N[C@@H](c3ccc(C)cc3)N(N3C=CC=NC3)C=C2)cc1. The van der Waals surface area contributed by atoms with Crippen LogP contribution in [0, 0.1) is 13.8 Å². The third kappa shape index (κ3) is 3.31. The van der Waals surface area contributed by atoms with Crippen molar-refractivity contribution < 1.29 is 0 Å². The molecule has 0 radical (unpaired) electrons. The van der Waals surface area contributed by atoms with Crippen LogP contribution in [0.25, 0.3) is 0 Å². The highest BCUT2D eigenvalue weighted by Gasteiger charge is 2.25. The topological polar surface area (TPSA) is 31.2 Å². The van der Waals surface area contributed by atoms with E-state index in [1.807, 2.05) is 18.5 Å². The van der Waals surface area contributed by atoms with Crippen molar-refractivity contribution in [3.8, 4) is 0 Å². The lowest BCUT2D eigenvalue weighted by molar-refractivity contribution is 0.0339. The lowest BCUT2D eigenvalue weighted by Gasteiger charge is -2.39. The fourth-order valence-corrected chi connectivity index (χ4v) is 3.08. The molecule has 4 nitrogen and oxygen atoms in total. The standard InChI is InChI=1S/C22H22N4/c1-17-4-8-19(9-5-17)21-12-15-26(25-14-3-13-23-16-25)22(24-21)20-10-6-18(2)7-11-20/h3-15,22H,16H2,1-2H3/t22-/m1/s1. The Morgan fingerprint density at radius 3 is 2.23 bits per heavy atom. The molecule has 2 heterocycles. The van der Waals surface area contributed by atoms with Crippen LogP contribution < -0.4 is 0 Å². The minimum Gasteiger partial charge on any atom is -0.270 e. The van der Waals surface area contributed by atoms with Gasteiger partial charge in [0.1, 0.15) is 6.67 Å². The van der Waals surface area contributed by atoms with E-state index in [1.165, 1.54) is 11.1 Å². The molecule has 26 heavy (non-hydrogen) atoms. The highest BCUT2D eigenvalue weighted by atomic mass is 15.7. The molecule has 2 aliphatic heterocycles. The Morgan fingerprint density at radius 1 is 0.885 bits per heavy atom. The summed E-state index contributed by atoms with van der Waals surface area (Å²) >= 11 is 0. The van der Waals surface area contributed by atoms with Crippen LogP contribution in [0.1, 0.15) is 28.4 Å². The Balaban J connectivity index is 1.72. The van der Waals surface area contributed by atoms with Crippen LogP contribution in [0.2, 0.25) is 0 Å². The van der Waals surface area contributed by atoms with Crippen molar-refractivity contribution in [1.29, 1.82) is 0 Å². The second kappa shape index (κ2) is 7.00. The van der Waals surface area contributed by atoms with E-state index in [-0.39, 0.29) is 6.17 Å². The molecule has 1 atom stereocenters. The second-order valence-corrected chi connectivity index (χ2v) is 6.61. The summed E-state index contributed by atoms with van der Waals surface area (Å²) in [4.78, 5) is 9.42. The van der Waals surface area contributed by atoms with Crippen molar-refractivity contribution in [1.82, 2.24) is 10.0 Å². The summed E-state index contributed by atoms with van der Waals surface area (Å²) in [7, 11) is 0. The number of nitrogens with zero attached hydrogens (tertiary/aromatic N) is 4. The van der Waals surface area contributed by atoms with Crippen LogP contribution in [0.5, 0.6) is 0 Å². The first-order chi connectivity index (χ1) is 12.7. The molecule has 0 fully saturated rings. The van der Waals surface area contributed by atoms with Crippen molar-refractivity contribution in [2.75, 3.05) is 6.67 Å². The minimum atomic E-state index is -0.116. The minimum absolute atomic E-state index is 0.116. The zero-order valence-corrected chi connectivity index (χ0v) is 15.1. The maximum Gasteiger partial charge on any atom is 0.165 e. The van der Waals surface area contributed by atoms with Gasteiger partial charge in [0.2, 0.25) is 0 Å². The largest absolute Gasteiger partial charge is 0.270 e. The number of allylic oxidation sites excluding steroid dienone is 2. The first-order valence-corrected chi connectivity index (χ1v) is 8.82. The van der Waals surface area contributed by atoms with Crippen LogP contribution >= 0.6 is 0 Å². The first kappa shape index (κ1) is 16.3. The number of benzene rings is 2. The number of aryl methyl sites for hydroxylation is 2. The van der Waals surface area contributed by atoms with Gasteiger partial charge >= 0.3 is 0 Å². The predicted molar refractivity (Wildman–Crippen MR) is 107 cm³/mol. The molecule has 2 aromatic carbocycles. The molecule has 0 aromatic heterocycles. The Labute approximate surface area is 154 Å². The number of hydrogen-bond acceptors (Lipinski definition) is 4. The summed E-state index contributed by atoms with van der Waals surface area (Å²) in [5.41, 5.74) is 5.79. The van der Waals surface area contributed by atoms with E-state index in [0.29, 0.717) is 6.67 Å². The summed E-state index contributed by atoms with van der Waals surface area (Å²) in [6, 6.07) is 17.1. The molecule has 0 N–H and O–H groups in total. The van der Waals surface area contributed by atoms with E-state index in [9.17, 15) is 0 Å². The van der Waals surface area contributed by atoms with Crippen molar-refractivity contribution >= 4 is 11.9 Å². The van der Waals surface area contributed by atoms with Gasteiger partial charge in [0.15, 0.2) is 6.17 Å². The molecule has 4 rings (SSSR count). The Bertz CT molecular complexity index is 889. The molecule has 0 saturated carbocycles. The van der Waals surface area contributed by atoms with Crippen molar-refractivity contribution in [2.24, 2.45) is 9.98 Å². The number of hydrazine groups is 1. The summed E-state index contributed by atoms with van der Waals surface area (Å²) in [6.45, 7) is 4.80. The Morgan fingerprint density at radius 2 is 1.58 bits per heavy atom. The van der Waals surface area contributed by atoms with E-state index in [4.69, 9.17) is 4.99 Å². The average Bonchev–Trinajstić information content (AvgIpc) is 2.69. The maximum atomic E-state index is 5.07. The maximum absolute atomic E-state index is 5.07. The molecule has 0 amide bonds. The number of hydrogen-bond donors (Lipinski definition) is 0. The summed E-state index contributed by atoms with van der Waals surface area (Å²) < 4.78 is 0. The zero-order chi connectivity index (χ0) is 17.9. The molecular formula is C22H22N4. The number of aliphatic imine (C=N–C) groups is 2. The summed E-state index contributed by atoms with van der Waals surface area (Å²) in [5.74, 6) is 0. The van der Waals surface area contributed by atoms with Gasteiger partial charge in [-0.05, 0) is 37.1 Å². The molecule has 4 heteroatoms. The second-order valence-electron chi connectivity index (χ2n) is 6.61. The summed E-state index contributed by atoms with van der Waals surface area (Å²) in [6.07, 6.45) is 9.86. The van der Waals surface area contributed by atoms with Crippen molar-refractivity contribution in [2.45, 2.75) is 20.0 Å². The highest BCUT2D eigenvalue weighted by molar-refractivity contribution is 6.09. The third-order valence-corrected chi connectivity index (χ3v) is 4.59. The molecule has 2 aromatic rings. The van der Waals surface area contributed by atoms with Crippen LogP contribution in [-0.4, -0.2) is 28.6 Å². The molecule has 0 spiro atoms. The smallest absolute Gasteiger partial charge is 0.165 e. The van der Waals surface area contributed by atoms with Crippen molar-refractivity contribution in [3.05, 3.63) is 95.3 Å². The number of rotatable bonds is 3. The van der Waals surface area contributed by atoms with E-state index in [2.05, 4.69) is 89.7 Å². The fraction of sp³-hybridized carbons (Fsp3) is 0.182. The average molecular weight is 342 g/mol. The van der Waals surface area contributed by atoms with Crippen LogP contribution in [0.3, 0.4) is 0 Å². The summed E-state index contributed by atoms with van der Waals surface area (Å²) in [5, 5.41) is 4.21. The van der Waals surface area contributed by atoms with Gasteiger partial charge in [0.25, 0.3) is 0 Å². The van der Waals surface area contributed by atoms with E-state index in [0.717, 1.165) is 16.8 Å². The fourth-order valence-electron chi connectivity index (χ4n) is 3.08. The van der Waals surface area contributed by atoms with Gasteiger partial charge in [-0.25, -0.2) is 0 Å². The molecular weight excluding hydrogens is 320 g/mol. The van der Waals surface area contributed by atoms with E-state index in [1.54, 1.807) is 0 Å². The first-order valence-electron chi connectivity index (χ1n) is 8.82. The molecule has 0 unspecified atom stereocenters. The predicted octanol–water partition coefficient (Wildman–Crippen LogP) is 4.39. The van der Waals surface area contributed by atoms with E-state index >= 15 is 0 Å². The van der Waals surface area contributed by atoms with Gasteiger partial charge < -0.3 is 0 Å². The van der Waals surface area contributed by atoms with Crippen molar-refractivity contribution in [3.63, 3.8) is 0 Å². The van der Waals surface area contributed by atoms with Gasteiger partial charge in [0, 0.05) is 18.6 Å². The van der Waals surface area contributed by atoms with Gasteiger partial charge in [-0.1, -0.05) is 59.7 Å². The Hall–Kier alpha value is -3.14. The van der Waals surface area contributed by atoms with Gasteiger partial charge in [-0.3, -0.25) is 20.0 Å². The lowest BCUT2D eigenvalue weighted by atomic mass is 10.1. The lowest BCUT2D eigenvalue weighted by Crippen LogP contribution is -2.40.